The molecule has 4 nitrogen and oxygen atoms in total. The van der Waals surface area contributed by atoms with Crippen molar-refractivity contribution >= 4 is 5.97 Å². The third-order valence-electron chi connectivity index (χ3n) is 4.58. The average molecular weight is 291 g/mol. The van der Waals surface area contributed by atoms with Crippen LogP contribution < -0.4 is 5.73 Å². The van der Waals surface area contributed by atoms with Crippen LogP contribution in [0.2, 0.25) is 0 Å². The Balaban J connectivity index is 1.90. The van der Waals surface area contributed by atoms with E-state index < -0.39 is 12.1 Å². The van der Waals surface area contributed by atoms with Crippen molar-refractivity contribution in [1.29, 1.82) is 0 Å². The number of aliphatic hydroxyl groups excluding tert-OH is 1. The van der Waals surface area contributed by atoms with E-state index in [1.54, 1.807) is 0 Å². The summed E-state index contributed by atoms with van der Waals surface area (Å²) in [7, 11) is 0. The number of aliphatic hydroxyl groups is 1. The second-order valence-corrected chi connectivity index (χ2v) is 6.15. The Morgan fingerprint density at radius 2 is 1.90 bits per heavy atom. The van der Waals surface area contributed by atoms with Gasteiger partial charge in [0.25, 0.3) is 0 Å². The van der Waals surface area contributed by atoms with Gasteiger partial charge in [0, 0.05) is 6.04 Å². The molecule has 0 heterocycles. The highest BCUT2D eigenvalue weighted by Crippen LogP contribution is 2.33. The maximum Gasteiger partial charge on any atom is 0.306 e. The molecule has 0 saturated heterocycles. The van der Waals surface area contributed by atoms with Gasteiger partial charge >= 0.3 is 5.97 Å². The van der Waals surface area contributed by atoms with Crippen molar-refractivity contribution in [3.63, 3.8) is 0 Å². The van der Waals surface area contributed by atoms with E-state index in [9.17, 15) is 15.0 Å². The van der Waals surface area contributed by atoms with Gasteiger partial charge in [-0.3, -0.25) is 4.79 Å². The van der Waals surface area contributed by atoms with Crippen LogP contribution in [0, 0.1) is 11.8 Å². The number of hydrogen-bond donors (Lipinski definition) is 3. The standard InChI is InChI=1S/C17H25NO3/c18-15(10-12-6-2-1-3-7-12)16(19)11-13-8-4-5-9-14(13)17(20)21/h1-3,6-7,13-16,19H,4-5,8-11,18H2,(H,20,21). The van der Waals surface area contributed by atoms with Gasteiger partial charge in [-0.1, -0.05) is 43.2 Å². The molecule has 0 aliphatic heterocycles. The summed E-state index contributed by atoms with van der Waals surface area (Å²) in [4.78, 5) is 11.3. The van der Waals surface area contributed by atoms with Gasteiger partial charge in [-0.15, -0.1) is 0 Å². The number of hydrogen-bond acceptors (Lipinski definition) is 3. The fraction of sp³-hybridized carbons (Fsp3) is 0.588. The molecule has 1 fully saturated rings. The predicted molar refractivity (Wildman–Crippen MR) is 81.8 cm³/mol. The summed E-state index contributed by atoms with van der Waals surface area (Å²) in [5.74, 6) is -1.01. The number of benzene rings is 1. The highest BCUT2D eigenvalue weighted by molar-refractivity contribution is 5.70. The molecule has 21 heavy (non-hydrogen) atoms. The van der Waals surface area contributed by atoms with Gasteiger partial charge in [0.05, 0.1) is 12.0 Å². The Morgan fingerprint density at radius 1 is 1.24 bits per heavy atom. The normalized spacial score (nSPS) is 25.2. The minimum atomic E-state index is -0.733. The quantitative estimate of drug-likeness (QED) is 0.750. The van der Waals surface area contributed by atoms with Crippen molar-refractivity contribution in [2.24, 2.45) is 17.6 Å². The molecular formula is C17H25NO3. The average Bonchev–Trinajstić information content (AvgIpc) is 2.48. The van der Waals surface area contributed by atoms with Crippen molar-refractivity contribution in [3.8, 4) is 0 Å². The minimum absolute atomic E-state index is 0.0491. The molecular weight excluding hydrogens is 266 g/mol. The van der Waals surface area contributed by atoms with Crippen LogP contribution in [0.3, 0.4) is 0 Å². The van der Waals surface area contributed by atoms with Gasteiger partial charge in [-0.05, 0) is 37.2 Å². The predicted octanol–water partition coefficient (Wildman–Crippen LogP) is 2.20. The van der Waals surface area contributed by atoms with E-state index in [1.807, 2.05) is 30.3 Å². The SMILES string of the molecule is NC(Cc1ccccc1)C(O)CC1CCCCC1C(=O)O. The number of nitrogens with two attached hydrogens (primary N) is 1. The molecule has 1 aliphatic carbocycles. The van der Waals surface area contributed by atoms with Gasteiger partial charge in [0.2, 0.25) is 0 Å². The van der Waals surface area contributed by atoms with Gasteiger partial charge in [-0.2, -0.15) is 0 Å². The first-order valence-corrected chi connectivity index (χ1v) is 7.78. The van der Waals surface area contributed by atoms with Crippen LogP contribution >= 0.6 is 0 Å². The zero-order valence-corrected chi connectivity index (χ0v) is 12.3. The van der Waals surface area contributed by atoms with Crippen molar-refractivity contribution in [1.82, 2.24) is 0 Å². The number of carboxylic acid groups (broad SMARTS) is 1. The monoisotopic (exact) mass is 291 g/mol. The summed E-state index contributed by atoms with van der Waals surface area (Å²) in [6.07, 6.45) is 4.09. The summed E-state index contributed by atoms with van der Waals surface area (Å²) >= 11 is 0. The van der Waals surface area contributed by atoms with E-state index >= 15 is 0 Å². The molecule has 1 aliphatic rings. The molecule has 0 spiro atoms. The first-order valence-electron chi connectivity index (χ1n) is 7.78. The Kier molecular flexibility index (Phi) is 5.76. The van der Waals surface area contributed by atoms with Crippen molar-refractivity contribution in [3.05, 3.63) is 35.9 Å². The Bertz CT molecular complexity index is 449. The van der Waals surface area contributed by atoms with E-state index in [2.05, 4.69) is 0 Å². The van der Waals surface area contributed by atoms with E-state index in [4.69, 9.17) is 5.73 Å². The van der Waals surface area contributed by atoms with E-state index in [0.717, 1.165) is 31.2 Å². The van der Waals surface area contributed by atoms with E-state index in [-0.39, 0.29) is 17.9 Å². The molecule has 2 rings (SSSR count). The van der Waals surface area contributed by atoms with Crippen LogP contribution in [-0.2, 0) is 11.2 Å². The third kappa shape index (κ3) is 4.55. The first-order chi connectivity index (χ1) is 10.1. The van der Waals surface area contributed by atoms with Crippen LogP contribution in [0.15, 0.2) is 30.3 Å². The zero-order chi connectivity index (χ0) is 15.2. The Morgan fingerprint density at radius 3 is 2.57 bits per heavy atom. The fourth-order valence-electron chi connectivity index (χ4n) is 3.32. The number of aliphatic carboxylic acids is 1. The number of rotatable bonds is 6. The summed E-state index contributed by atoms with van der Waals surface area (Å²) in [5.41, 5.74) is 7.19. The fourth-order valence-corrected chi connectivity index (χ4v) is 3.32. The van der Waals surface area contributed by atoms with Crippen LogP contribution in [0.5, 0.6) is 0 Å². The topological polar surface area (TPSA) is 83.5 Å². The molecule has 0 bridgehead atoms. The number of carbonyl (C=O) groups is 1. The highest BCUT2D eigenvalue weighted by Gasteiger charge is 2.33. The lowest BCUT2D eigenvalue weighted by atomic mass is 9.75. The maximum absolute atomic E-state index is 11.3. The third-order valence-corrected chi connectivity index (χ3v) is 4.58. The first kappa shape index (κ1) is 16.0. The lowest BCUT2D eigenvalue weighted by molar-refractivity contribution is -0.145. The van der Waals surface area contributed by atoms with E-state index in [0.29, 0.717) is 12.8 Å². The lowest BCUT2D eigenvalue weighted by Crippen LogP contribution is -2.40. The molecule has 4 heteroatoms. The second kappa shape index (κ2) is 7.57. The number of carboxylic acids is 1. The maximum atomic E-state index is 11.3. The summed E-state index contributed by atoms with van der Waals surface area (Å²) < 4.78 is 0. The zero-order valence-electron chi connectivity index (χ0n) is 12.3. The Labute approximate surface area is 126 Å². The molecule has 1 aromatic carbocycles. The molecule has 1 aromatic rings. The van der Waals surface area contributed by atoms with Crippen molar-refractivity contribution in [2.45, 2.75) is 50.7 Å². The second-order valence-electron chi connectivity index (χ2n) is 6.15. The molecule has 0 amide bonds. The minimum Gasteiger partial charge on any atom is -0.481 e. The summed E-state index contributed by atoms with van der Waals surface area (Å²) in [6.45, 7) is 0. The van der Waals surface area contributed by atoms with Crippen LogP contribution in [0.4, 0.5) is 0 Å². The molecule has 4 atom stereocenters. The van der Waals surface area contributed by atoms with Gasteiger partial charge < -0.3 is 15.9 Å². The molecule has 4 N–H and O–H groups in total. The largest absolute Gasteiger partial charge is 0.481 e. The van der Waals surface area contributed by atoms with Crippen LogP contribution in [0.25, 0.3) is 0 Å². The highest BCUT2D eigenvalue weighted by atomic mass is 16.4. The van der Waals surface area contributed by atoms with E-state index in [1.165, 1.54) is 0 Å². The van der Waals surface area contributed by atoms with Crippen LogP contribution in [-0.4, -0.2) is 28.3 Å². The van der Waals surface area contributed by atoms with Gasteiger partial charge in [0.15, 0.2) is 0 Å². The van der Waals surface area contributed by atoms with Gasteiger partial charge in [0.1, 0.15) is 0 Å². The molecule has 0 aromatic heterocycles. The summed E-state index contributed by atoms with van der Waals surface area (Å²) in [5, 5.41) is 19.6. The lowest BCUT2D eigenvalue weighted by Gasteiger charge is -2.31. The van der Waals surface area contributed by atoms with Crippen molar-refractivity contribution < 1.29 is 15.0 Å². The molecule has 1 saturated carbocycles. The Hall–Kier alpha value is -1.39. The molecule has 116 valence electrons. The summed E-state index contributed by atoms with van der Waals surface area (Å²) in [6, 6.07) is 9.50. The smallest absolute Gasteiger partial charge is 0.306 e. The van der Waals surface area contributed by atoms with Crippen molar-refractivity contribution in [2.75, 3.05) is 0 Å². The van der Waals surface area contributed by atoms with Crippen LogP contribution in [0.1, 0.15) is 37.7 Å². The molecule has 4 unspecified atom stereocenters. The molecule has 0 radical (unpaired) electrons. The van der Waals surface area contributed by atoms with Gasteiger partial charge in [-0.25, -0.2) is 0 Å².